The Hall–Kier alpha value is -1.08. The van der Waals surface area contributed by atoms with Crippen molar-refractivity contribution < 1.29 is 14.6 Å². The van der Waals surface area contributed by atoms with Crippen molar-refractivity contribution in [2.45, 2.75) is 18.9 Å². The predicted octanol–water partition coefficient (Wildman–Crippen LogP) is -0.176. The summed E-state index contributed by atoms with van der Waals surface area (Å²) in [7, 11) is 1.26. The summed E-state index contributed by atoms with van der Waals surface area (Å²) in [5, 5.41) is 16.7. The Morgan fingerprint density at radius 2 is 2.50 bits per heavy atom. The van der Waals surface area contributed by atoms with Gasteiger partial charge in [-0.05, 0) is 6.42 Å². The lowest BCUT2D eigenvalue weighted by molar-refractivity contribution is -0.141. The van der Waals surface area contributed by atoms with E-state index in [1.807, 2.05) is 0 Å². The molecule has 0 aromatic heterocycles. The zero-order chi connectivity index (χ0) is 7.98. The number of carbonyl (C=O) groups is 1. The number of nitriles is 1. The predicted molar refractivity (Wildman–Crippen MR) is 32.9 cm³/mol. The van der Waals surface area contributed by atoms with E-state index in [9.17, 15) is 4.79 Å². The molecule has 4 heteroatoms. The van der Waals surface area contributed by atoms with E-state index in [-0.39, 0.29) is 12.8 Å². The van der Waals surface area contributed by atoms with Gasteiger partial charge in [0.05, 0.1) is 13.2 Å². The molecule has 0 saturated heterocycles. The molecule has 0 unspecified atom stereocenters. The van der Waals surface area contributed by atoms with E-state index in [1.165, 1.54) is 7.11 Å². The number of esters is 1. The van der Waals surface area contributed by atoms with Gasteiger partial charge in [0, 0.05) is 6.42 Å². The summed E-state index contributed by atoms with van der Waals surface area (Å²) < 4.78 is 4.29. The van der Waals surface area contributed by atoms with E-state index >= 15 is 0 Å². The molecule has 0 heterocycles. The number of methoxy groups -OCH3 is 1. The van der Waals surface area contributed by atoms with Gasteiger partial charge in [0.25, 0.3) is 0 Å². The minimum Gasteiger partial charge on any atom is -0.469 e. The van der Waals surface area contributed by atoms with Gasteiger partial charge in [-0.2, -0.15) is 5.26 Å². The molecule has 0 rings (SSSR count). The Kier molecular flexibility index (Phi) is 4.25. The fraction of sp³-hybridized carbons (Fsp3) is 0.667. The van der Waals surface area contributed by atoms with Crippen molar-refractivity contribution in [2.24, 2.45) is 0 Å². The fourth-order valence-electron chi connectivity index (χ4n) is 0.421. The molecule has 4 nitrogen and oxygen atoms in total. The van der Waals surface area contributed by atoms with Crippen LogP contribution < -0.4 is 0 Å². The molecule has 0 fully saturated rings. The Morgan fingerprint density at radius 3 is 2.90 bits per heavy atom. The molecule has 0 bridgehead atoms. The van der Waals surface area contributed by atoms with Crippen LogP contribution >= 0.6 is 0 Å². The number of carbonyl (C=O) groups excluding carboxylic acids is 1. The maximum Gasteiger partial charge on any atom is 0.305 e. The highest BCUT2D eigenvalue weighted by Crippen LogP contribution is 1.96. The molecule has 0 aliphatic carbocycles. The van der Waals surface area contributed by atoms with Crippen LogP contribution in [0.2, 0.25) is 0 Å². The molecule has 0 spiro atoms. The van der Waals surface area contributed by atoms with Crippen molar-refractivity contribution in [3.05, 3.63) is 0 Å². The van der Waals surface area contributed by atoms with E-state index in [1.54, 1.807) is 6.07 Å². The molecular weight excluding hydrogens is 134 g/mol. The first kappa shape index (κ1) is 8.92. The van der Waals surface area contributed by atoms with Gasteiger partial charge in [-0.15, -0.1) is 0 Å². The number of rotatable bonds is 3. The van der Waals surface area contributed by atoms with Crippen molar-refractivity contribution in [2.75, 3.05) is 7.11 Å². The van der Waals surface area contributed by atoms with Gasteiger partial charge in [-0.3, -0.25) is 4.79 Å². The Morgan fingerprint density at radius 1 is 1.90 bits per heavy atom. The van der Waals surface area contributed by atoms with E-state index in [0.29, 0.717) is 0 Å². The number of aliphatic hydroxyl groups excluding tert-OH is 1. The molecule has 1 atom stereocenters. The van der Waals surface area contributed by atoms with Gasteiger partial charge in [0.2, 0.25) is 0 Å². The van der Waals surface area contributed by atoms with Crippen molar-refractivity contribution in [1.82, 2.24) is 0 Å². The fourth-order valence-corrected chi connectivity index (χ4v) is 0.421. The Bertz CT molecular complexity index is 150. The first-order chi connectivity index (χ1) is 4.70. The van der Waals surface area contributed by atoms with Gasteiger partial charge >= 0.3 is 5.97 Å². The summed E-state index contributed by atoms with van der Waals surface area (Å²) in [4.78, 5) is 10.4. The molecule has 0 aliphatic heterocycles. The van der Waals surface area contributed by atoms with Gasteiger partial charge in [0.15, 0.2) is 0 Å². The summed E-state index contributed by atoms with van der Waals surface area (Å²) in [6, 6.07) is 1.59. The zero-order valence-corrected chi connectivity index (χ0v) is 5.70. The van der Waals surface area contributed by atoms with Crippen LogP contribution in [0.1, 0.15) is 12.8 Å². The summed E-state index contributed by atoms with van der Waals surface area (Å²) in [6.45, 7) is 0. The standard InChI is InChI=1S/C6H9NO3/c1-10-6(9)3-2-5(8)4-7/h5,8H,2-3H2,1H3/t5-/m0/s1. The van der Waals surface area contributed by atoms with Crippen LogP contribution in [0.15, 0.2) is 0 Å². The van der Waals surface area contributed by atoms with E-state index in [2.05, 4.69) is 4.74 Å². The third-order valence-corrected chi connectivity index (χ3v) is 0.999. The molecule has 0 aromatic carbocycles. The topological polar surface area (TPSA) is 70.3 Å². The molecule has 10 heavy (non-hydrogen) atoms. The van der Waals surface area contributed by atoms with Crippen molar-refractivity contribution in [3.8, 4) is 6.07 Å². The quantitative estimate of drug-likeness (QED) is 0.439. The maximum atomic E-state index is 10.4. The third-order valence-electron chi connectivity index (χ3n) is 0.999. The molecule has 0 radical (unpaired) electrons. The van der Waals surface area contributed by atoms with Gasteiger partial charge in [-0.1, -0.05) is 0 Å². The van der Waals surface area contributed by atoms with Crippen LogP contribution in [0.3, 0.4) is 0 Å². The first-order valence-corrected chi connectivity index (χ1v) is 2.85. The molecule has 0 amide bonds. The molecule has 0 saturated carbocycles. The first-order valence-electron chi connectivity index (χ1n) is 2.85. The summed E-state index contributed by atoms with van der Waals surface area (Å²) in [5.74, 6) is -0.408. The van der Waals surface area contributed by atoms with Crippen molar-refractivity contribution >= 4 is 5.97 Å². The minimum atomic E-state index is -1.06. The number of nitrogens with zero attached hydrogens (tertiary/aromatic N) is 1. The Labute approximate surface area is 59.0 Å². The van der Waals surface area contributed by atoms with Crippen LogP contribution in [-0.4, -0.2) is 24.3 Å². The van der Waals surface area contributed by atoms with Gasteiger partial charge in [0.1, 0.15) is 6.10 Å². The second kappa shape index (κ2) is 4.77. The molecule has 1 N–H and O–H groups in total. The van der Waals surface area contributed by atoms with Crippen molar-refractivity contribution in [1.29, 1.82) is 5.26 Å². The maximum absolute atomic E-state index is 10.4. The SMILES string of the molecule is COC(=O)CC[C@H](O)C#N. The molecular formula is C6H9NO3. The van der Waals surface area contributed by atoms with E-state index < -0.39 is 12.1 Å². The third kappa shape index (κ3) is 3.87. The highest BCUT2D eigenvalue weighted by atomic mass is 16.5. The number of aliphatic hydroxyl groups is 1. The highest BCUT2D eigenvalue weighted by Gasteiger charge is 2.05. The van der Waals surface area contributed by atoms with Gasteiger partial charge in [-0.25, -0.2) is 0 Å². The van der Waals surface area contributed by atoms with E-state index in [0.717, 1.165) is 0 Å². The minimum absolute atomic E-state index is 0.0885. The second-order valence-electron chi connectivity index (χ2n) is 1.76. The van der Waals surface area contributed by atoms with Crippen LogP contribution in [0.4, 0.5) is 0 Å². The number of hydrogen-bond acceptors (Lipinski definition) is 4. The molecule has 0 aromatic rings. The normalized spacial score (nSPS) is 11.7. The zero-order valence-electron chi connectivity index (χ0n) is 5.70. The van der Waals surface area contributed by atoms with Crippen LogP contribution in [0.25, 0.3) is 0 Å². The molecule has 56 valence electrons. The van der Waals surface area contributed by atoms with Crippen LogP contribution in [0, 0.1) is 11.3 Å². The smallest absolute Gasteiger partial charge is 0.305 e. The van der Waals surface area contributed by atoms with Crippen molar-refractivity contribution in [3.63, 3.8) is 0 Å². The average Bonchev–Trinajstić information content (AvgIpc) is 1.99. The summed E-state index contributed by atoms with van der Waals surface area (Å²) in [5.41, 5.74) is 0. The second-order valence-corrected chi connectivity index (χ2v) is 1.76. The lowest BCUT2D eigenvalue weighted by atomic mass is 10.2. The van der Waals surface area contributed by atoms with E-state index in [4.69, 9.17) is 10.4 Å². The van der Waals surface area contributed by atoms with Crippen LogP contribution in [-0.2, 0) is 9.53 Å². The van der Waals surface area contributed by atoms with Gasteiger partial charge < -0.3 is 9.84 Å². The largest absolute Gasteiger partial charge is 0.469 e. The average molecular weight is 143 g/mol. The lowest BCUT2D eigenvalue weighted by Gasteiger charge is -1.98. The number of ether oxygens (including phenoxy) is 1. The highest BCUT2D eigenvalue weighted by molar-refractivity contribution is 5.69. The summed E-state index contributed by atoms with van der Waals surface area (Å²) in [6.07, 6.45) is -0.826. The molecule has 0 aliphatic rings. The lowest BCUT2D eigenvalue weighted by Crippen LogP contribution is -2.07. The Balaban J connectivity index is 3.37. The monoisotopic (exact) mass is 143 g/mol. The number of hydrogen-bond donors (Lipinski definition) is 1. The van der Waals surface area contributed by atoms with Crippen LogP contribution in [0.5, 0.6) is 0 Å². The summed E-state index contributed by atoms with van der Waals surface area (Å²) >= 11 is 0.